The van der Waals surface area contributed by atoms with Crippen molar-refractivity contribution in [2.45, 2.75) is 24.1 Å². The summed E-state index contributed by atoms with van der Waals surface area (Å²) in [5.74, 6) is 2.03. The monoisotopic (exact) mass is 418 g/mol. The molecule has 1 aliphatic rings. The fraction of sp³-hybridized carbons (Fsp3) is 0.471. The predicted molar refractivity (Wildman–Crippen MR) is 107 cm³/mol. The third kappa shape index (κ3) is 5.61. The number of nitrogens with zero attached hydrogens (tertiary/aromatic N) is 3. The standard InChI is InChI=1S/C17H22N4O2S.2ClH/c1-12-8-14(20-23-12)11-24-16-15(4-3-6-19-16)17(22)21-7-5-13(10-21)9-18-2;;/h3-4,6,8,13,18H,5,7,9-11H2,1-2H3;2*1H. The molecular formula is C17H24Cl2N4O2S. The van der Waals surface area contributed by atoms with Crippen LogP contribution in [0, 0.1) is 12.8 Å². The molecule has 0 saturated carbocycles. The highest BCUT2D eigenvalue weighted by Gasteiger charge is 2.28. The number of hydrogen-bond acceptors (Lipinski definition) is 6. The lowest BCUT2D eigenvalue weighted by Crippen LogP contribution is -2.30. The molecule has 0 aromatic carbocycles. The summed E-state index contributed by atoms with van der Waals surface area (Å²) in [4.78, 5) is 19.2. The van der Waals surface area contributed by atoms with Crippen LogP contribution in [0.3, 0.4) is 0 Å². The van der Waals surface area contributed by atoms with Gasteiger partial charge >= 0.3 is 0 Å². The van der Waals surface area contributed by atoms with Gasteiger partial charge in [-0.3, -0.25) is 4.79 Å². The van der Waals surface area contributed by atoms with Gasteiger partial charge in [-0.15, -0.1) is 24.8 Å². The largest absolute Gasteiger partial charge is 0.361 e. The summed E-state index contributed by atoms with van der Waals surface area (Å²) in [6, 6.07) is 5.58. The summed E-state index contributed by atoms with van der Waals surface area (Å²) < 4.78 is 5.08. The molecule has 9 heteroatoms. The maximum Gasteiger partial charge on any atom is 0.256 e. The van der Waals surface area contributed by atoms with Gasteiger partial charge in [0.25, 0.3) is 5.91 Å². The molecule has 2 aromatic heterocycles. The summed E-state index contributed by atoms with van der Waals surface area (Å²) >= 11 is 1.52. The molecule has 3 rings (SSSR count). The van der Waals surface area contributed by atoms with E-state index >= 15 is 0 Å². The van der Waals surface area contributed by atoms with Gasteiger partial charge in [-0.25, -0.2) is 4.98 Å². The zero-order valence-electron chi connectivity index (χ0n) is 14.8. The van der Waals surface area contributed by atoms with Crippen molar-refractivity contribution < 1.29 is 9.32 Å². The predicted octanol–water partition coefficient (Wildman–Crippen LogP) is 3.20. The molecule has 3 heterocycles. The maximum absolute atomic E-state index is 12.9. The molecule has 1 aliphatic heterocycles. The molecule has 1 unspecified atom stereocenters. The van der Waals surface area contributed by atoms with Gasteiger partial charge < -0.3 is 14.7 Å². The minimum absolute atomic E-state index is 0. The van der Waals surface area contributed by atoms with Crippen LogP contribution < -0.4 is 5.32 Å². The van der Waals surface area contributed by atoms with Gasteiger partial charge in [0, 0.05) is 31.1 Å². The van der Waals surface area contributed by atoms with E-state index in [1.165, 1.54) is 11.8 Å². The van der Waals surface area contributed by atoms with Crippen molar-refractivity contribution in [1.82, 2.24) is 20.4 Å². The van der Waals surface area contributed by atoms with E-state index in [1.807, 2.05) is 37.1 Å². The minimum atomic E-state index is 0. The van der Waals surface area contributed by atoms with E-state index in [0.717, 1.165) is 42.5 Å². The van der Waals surface area contributed by atoms with Crippen molar-refractivity contribution >= 4 is 42.5 Å². The average molecular weight is 419 g/mol. The Morgan fingerprint density at radius 3 is 2.96 bits per heavy atom. The Kier molecular flexibility index (Phi) is 9.43. The number of rotatable bonds is 6. The first-order valence-corrected chi connectivity index (χ1v) is 9.10. The van der Waals surface area contributed by atoms with Crippen molar-refractivity contribution in [2.24, 2.45) is 5.92 Å². The fourth-order valence-electron chi connectivity index (χ4n) is 2.94. The van der Waals surface area contributed by atoms with E-state index in [0.29, 0.717) is 17.2 Å². The Balaban J connectivity index is 0.00000169. The van der Waals surface area contributed by atoms with Crippen molar-refractivity contribution in [2.75, 3.05) is 26.7 Å². The quantitative estimate of drug-likeness (QED) is 0.726. The summed E-state index contributed by atoms with van der Waals surface area (Å²) in [6.45, 7) is 4.43. The highest BCUT2D eigenvalue weighted by molar-refractivity contribution is 7.98. The number of likely N-dealkylation sites (tertiary alicyclic amines) is 1. The smallest absolute Gasteiger partial charge is 0.256 e. The van der Waals surface area contributed by atoms with Gasteiger partial charge in [0.2, 0.25) is 0 Å². The van der Waals surface area contributed by atoms with E-state index in [1.54, 1.807) is 6.20 Å². The highest BCUT2D eigenvalue weighted by Crippen LogP contribution is 2.26. The summed E-state index contributed by atoms with van der Waals surface area (Å²) in [6.07, 6.45) is 2.77. The molecule has 2 aromatic rings. The van der Waals surface area contributed by atoms with E-state index in [4.69, 9.17) is 4.52 Å². The number of carbonyl (C=O) groups is 1. The number of thioether (sulfide) groups is 1. The van der Waals surface area contributed by atoms with Crippen molar-refractivity contribution in [3.8, 4) is 0 Å². The number of halogens is 2. The lowest BCUT2D eigenvalue weighted by Gasteiger charge is -2.18. The molecule has 144 valence electrons. The third-order valence-corrected chi connectivity index (χ3v) is 5.14. The Bertz CT molecular complexity index is 714. The van der Waals surface area contributed by atoms with Crippen molar-refractivity contribution in [3.05, 3.63) is 41.4 Å². The molecule has 0 radical (unpaired) electrons. The van der Waals surface area contributed by atoms with Crippen molar-refractivity contribution in [1.29, 1.82) is 0 Å². The molecule has 1 amide bonds. The maximum atomic E-state index is 12.9. The van der Waals surface area contributed by atoms with E-state index in [2.05, 4.69) is 15.5 Å². The highest BCUT2D eigenvalue weighted by atomic mass is 35.5. The molecule has 1 atom stereocenters. The minimum Gasteiger partial charge on any atom is -0.361 e. The van der Waals surface area contributed by atoms with Crippen LogP contribution in [-0.4, -0.2) is 47.6 Å². The Morgan fingerprint density at radius 1 is 1.46 bits per heavy atom. The van der Waals surface area contributed by atoms with Crippen LogP contribution in [0.4, 0.5) is 0 Å². The summed E-state index contributed by atoms with van der Waals surface area (Å²) in [5.41, 5.74) is 1.53. The van der Waals surface area contributed by atoms with Crippen LogP contribution in [0.2, 0.25) is 0 Å². The van der Waals surface area contributed by atoms with Gasteiger partial charge in [0.05, 0.1) is 11.3 Å². The number of carbonyl (C=O) groups excluding carboxylic acids is 1. The third-order valence-electron chi connectivity index (χ3n) is 4.10. The van der Waals surface area contributed by atoms with Gasteiger partial charge in [0.15, 0.2) is 0 Å². The topological polar surface area (TPSA) is 71.3 Å². The second-order valence-corrected chi connectivity index (χ2v) is 7.00. The zero-order valence-corrected chi connectivity index (χ0v) is 17.3. The normalized spacial score (nSPS) is 16.1. The van der Waals surface area contributed by atoms with Crippen LogP contribution in [0.1, 0.15) is 28.2 Å². The van der Waals surface area contributed by atoms with Gasteiger partial charge in [-0.1, -0.05) is 16.9 Å². The first-order valence-electron chi connectivity index (χ1n) is 8.11. The Morgan fingerprint density at radius 2 is 2.27 bits per heavy atom. The van der Waals surface area contributed by atoms with Crippen molar-refractivity contribution in [3.63, 3.8) is 0 Å². The molecule has 26 heavy (non-hydrogen) atoms. The van der Waals surface area contributed by atoms with Gasteiger partial charge in [0.1, 0.15) is 10.8 Å². The fourth-order valence-corrected chi connectivity index (χ4v) is 3.81. The Labute approximate surface area is 170 Å². The van der Waals surface area contributed by atoms with Crippen LogP contribution in [0.5, 0.6) is 0 Å². The van der Waals surface area contributed by atoms with E-state index in [-0.39, 0.29) is 30.7 Å². The molecule has 1 saturated heterocycles. The molecule has 1 fully saturated rings. The zero-order chi connectivity index (χ0) is 16.9. The number of aryl methyl sites for hydroxylation is 1. The molecular weight excluding hydrogens is 395 g/mol. The molecule has 1 N–H and O–H groups in total. The van der Waals surface area contributed by atoms with Gasteiger partial charge in [-0.2, -0.15) is 0 Å². The molecule has 6 nitrogen and oxygen atoms in total. The van der Waals surface area contributed by atoms with Gasteiger partial charge in [-0.05, 0) is 45.0 Å². The SMILES string of the molecule is CNCC1CCN(C(=O)c2cccnc2SCc2cc(C)on2)C1.Cl.Cl. The lowest BCUT2D eigenvalue weighted by molar-refractivity contribution is 0.0783. The van der Waals surface area contributed by atoms with Crippen LogP contribution in [0.15, 0.2) is 33.9 Å². The number of amides is 1. The number of aromatic nitrogens is 2. The number of hydrogen-bond donors (Lipinski definition) is 1. The molecule has 0 aliphatic carbocycles. The van der Waals surface area contributed by atoms with E-state index < -0.39 is 0 Å². The molecule has 0 bridgehead atoms. The average Bonchev–Trinajstić information content (AvgIpc) is 3.22. The Hall–Kier alpha value is -1.28. The lowest BCUT2D eigenvalue weighted by atomic mass is 10.1. The van der Waals surface area contributed by atoms with Crippen LogP contribution in [-0.2, 0) is 5.75 Å². The summed E-state index contributed by atoms with van der Waals surface area (Å²) in [5, 5.41) is 7.93. The van der Waals surface area contributed by atoms with E-state index in [9.17, 15) is 4.79 Å². The second-order valence-electron chi connectivity index (χ2n) is 6.04. The number of pyridine rings is 1. The first-order chi connectivity index (χ1) is 11.7. The first kappa shape index (κ1) is 22.8. The van der Waals surface area contributed by atoms with Crippen LogP contribution in [0.25, 0.3) is 0 Å². The summed E-state index contributed by atoms with van der Waals surface area (Å²) in [7, 11) is 1.95. The van der Waals surface area contributed by atoms with Crippen LogP contribution >= 0.6 is 36.6 Å². The number of nitrogens with one attached hydrogen (secondary N) is 1. The molecule has 0 spiro atoms. The second kappa shape index (κ2) is 10.8.